The van der Waals surface area contributed by atoms with Crippen molar-refractivity contribution in [2.45, 2.75) is 6.04 Å². The largest absolute Gasteiger partial charge is 0.478 e. The minimum Gasteiger partial charge on any atom is -0.478 e. The number of carboxylic acid groups (broad SMARTS) is 1. The van der Waals surface area contributed by atoms with E-state index in [0.29, 0.717) is 13.2 Å². The van der Waals surface area contributed by atoms with Gasteiger partial charge in [-0.1, -0.05) is 24.3 Å². The van der Waals surface area contributed by atoms with Crippen molar-refractivity contribution in [2.24, 2.45) is 0 Å². The Morgan fingerprint density at radius 2 is 1.86 bits per heavy atom. The molecule has 1 heterocycles. The third-order valence-corrected chi connectivity index (χ3v) is 3.64. The molecule has 0 spiro atoms. The Kier molecular flexibility index (Phi) is 3.40. The Morgan fingerprint density at radius 1 is 1.19 bits per heavy atom. The highest BCUT2D eigenvalue weighted by Crippen LogP contribution is 2.29. The van der Waals surface area contributed by atoms with Crippen molar-refractivity contribution < 1.29 is 24.2 Å². The number of Topliss-reactive ketones (excluding diaryl/α,β-unsaturated/α-hetero) is 2. The van der Waals surface area contributed by atoms with Crippen LogP contribution in [-0.2, 0) is 9.53 Å². The minimum absolute atomic E-state index is 0.00843. The Morgan fingerprint density at radius 3 is 2.43 bits per heavy atom. The predicted molar refractivity (Wildman–Crippen MR) is 72.4 cm³/mol. The number of hydrogen-bond donors (Lipinski definition) is 2. The zero-order valence-electron chi connectivity index (χ0n) is 11.1. The van der Waals surface area contributed by atoms with E-state index in [1.165, 1.54) is 12.1 Å². The molecule has 6 nitrogen and oxygen atoms in total. The molecule has 1 saturated heterocycles. The van der Waals surface area contributed by atoms with Gasteiger partial charge in [-0.25, -0.2) is 4.79 Å². The summed E-state index contributed by atoms with van der Waals surface area (Å²) < 4.78 is 5.28. The number of ether oxygens (including phenoxy) is 1. The van der Waals surface area contributed by atoms with Crippen molar-refractivity contribution in [3.8, 4) is 0 Å². The van der Waals surface area contributed by atoms with E-state index in [2.05, 4.69) is 5.32 Å². The summed E-state index contributed by atoms with van der Waals surface area (Å²) in [6.45, 7) is 1.17. The molecule has 2 aliphatic rings. The average Bonchev–Trinajstić information content (AvgIpc) is 2.51. The highest BCUT2D eigenvalue weighted by atomic mass is 16.5. The fraction of sp³-hybridized carbons (Fsp3) is 0.267. The zero-order chi connectivity index (χ0) is 15.0. The van der Waals surface area contributed by atoms with Gasteiger partial charge in [0.05, 0.1) is 19.3 Å². The van der Waals surface area contributed by atoms with Gasteiger partial charge >= 0.3 is 5.97 Å². The van der Waals surface area contributed by atoms with Crippen LogP contribution in [0.3, 0.4) is 0 Å². The SMILES string of the molecule is O=C(O)C1=C(C2COCCN2)C(=O)c2ccccc2C1=O. The van der Waals surface area contributed by atoms with Crippen LogP contribution in [-0.4, -0.2) is 48.4 Å². The topological polar surface area (TPSA) is 92.7 Å². The van der Waals surface area contributed by atoms with Crippen molar-refractivity contribution in [1.29, 1.82) is 0 Å². The van der Waals surface area contributed by atoms with Crippen LogP contribution >= 0.6 is 0 Å². The molecule has 0 aromatic heterocycles. The number of carbonyl (C=O) groups excluding carboxylic acids is 2. The number of benzene rings is 1. The first-order chi connectivity index (χ1) is 10.1. The van der Waals surface area contributed by atoms with Crippen LogP contribution in [0.25, 0.3) is 0 Å². The molecule has 0 saturated carbocycles. The van der Waals surface area contributed by atoms with E-state index in [4.69, 9.17) is 4.74 Å². The third-order valence-electron chi connectivity index (χ3n) is 3.64. The zero-order valence-corrected chi connectivity index (χ0v) is 11.1. The lowest BCUT2D eigenvalue weighted by atomic mass is 9.81. The number of carbonyl (C=O) groups is 3. The summed E-state index contributed by atoms with van der Waals surface area (Å²) in [6, 6.07) is 5.70. The summed E-state index contributed by atoms with van der Waals surface area (Å²) in [5, 5.41) is 12.4. The lowest BCUT2D eigenvalue weighted by molar-refractivity contribution is -0.132. The maximum atomic E-state index is 12.6. The Hall–Kier alpha value is -2.31. The van der Waals surface area contributed by atoms with Crippen LogP contribution in [0, 0.1) is 0 Å². The molecule has 1 unspecified atom stereocenters. The number of hydrogen-bond acceptors (Lipinski definition) is 5. The molecule has 1 aromatic rings. The molecule has 1 aromatic carbocycles. The van der Waals surface area contributed by atoms with Gasteiger partial charge in [-0.05, 0) is 0 Å². The summed E-state index contributed by atoms with van der Waals surface area (Å²) >= 11 is 0. The fourth-order valence-corrected chi connectivity index (χ4v) is 2.69. The summed E-state index contributed by atoms with van der Waals surface area (Å²) in [4.78, 5) is 36.5. The van der Waals surface area contributed by atoms with Crippen LogP contribution < -0.4 is 5.32 Å². The number of rotatable bonds is 2. The van der Waals surface area contributed by atoms with Gasteiger partial charge in [0.1, 0.15) is 5.57 Å². The number of ketones is 2. The monoisotopic (exact) mass is 287 g/mol. The van der Waals surface area contributed by atoms with Crippen LogP contribution in [0.2, 0.25) is 0 Å². The molecule has 108 valence electrons. The fourth-order valence-electron chi connectivity index (χ4n) is 2.69. The molecular weight excluding hydrogens is 274 g/mol. The minimum atomic E-state index is -1.38. The van der Waals surface area contributed by atoms with Crippen molar-refractivity contribution in [3.63, 3.8) is 0 Å². The normalized spacial score (nSPS) is 22.2. The van der Waals surface area contributed by atoms with Crippen molar-refractivity contribution in [2.75, 3.05) is 19.8 Å². The van der Waals surface area contributed by atoms with Gasteiger partial charge in [-0.3, -0.25) is 9.59 Å². The number of morpholine rings is 1. The second-order valence-corrected chi connectivity index (χ2v) is 4.88. The number of aliphatic carboxylic acids is 1. The lowest BCUT2D eigenvalue weighted by Gasteiger charge is -2.29. The summed E-state index contributed by atoms with van der Waals surface area (Å²) in [5.74, 6) is -2.43. The lowest BCUT2D eigenvalue weighted by Crippen LogP contribution is -2.46. The quantitative estimate of drug-likeness (QED) is 0.767. The molecule has 1 fully saturated rings. The Balaban J connectivity index is 2.17. The van der Waals surface area contributed by atoms with E-state index < -0.39 is 29.2 Å². The molecule has 0 radical (unpaired) electrons. The van der Waals surface area contributed by atoms with Gasteiger partial charge in [0.2, 0.25) is 5.78 Å². The van der Waals surface area contributed by atoms with Crippen LogP contribution in [0.15, 0.2) is 35.4 Å². The molecule has 0 bridgehead atoms. The first kappa shape index (κ1) is 13.7. The molecular formula is C15H13NO5. The molecule has 3 rings (SSSR count). The highest BCUT2D eigenvalue weighted by molar-refractivity contribution is 6.35. The van der Waals surface area contributed by atoms with E-state index in [0.717, 1.165) is 0 Å². The van der Waals surface area contributed by atoms with E-state index in [9.17, 15) is 19.5 Å². The van der Waals surface area contributed by atoms with Gasteiger partial charge < -0.3 is 15.2 Å². The second-order valence-electron chi connectivity index (χ2n) is 4.88. The van der Waals surface area contributed by atoms with Gasteiger partial charge in [0.25, 0.3) is 0 Å². The predicted octanol–water partition coefficient (Wildman–Crippen LogP) is 0.435. The molecule has 6 heteroatoms. The molecule has 1 aliphatic heterocycles. The van der Waals surface area contributed by atoms with Crippen molar-refractivity contribution in [3.05, 3.63) is 46.5 Å². The van der Waals surface area contributed by atoms with Gasteiger partial charge in [0.15, 0.2) is 5.78 Å². The number of carboxylic acids is 1. The summed E-state index contributed by atoms with van der Waals surface area (Å²) in [6.07, 6.45) is 0. The van der Waals surface area contributed by atoms with Crippen molar-refractivity contribution >= 4 is 17.5 Å². The highest BCUT2D eigenvalue weighted by Gasteiger charge is 2.39. The smallest absolute Gasteiger partial charge is 0.340 e. The van der Waals surface area contributed by atoms with Gasteiger partial charge in [0, 0.05) is 23.2 Å². The van der Waals surface area contributed by atoms with Crippen LogP contribution in [0.1, 0.15) is 20.7 Å². The summed E-state index contributed by atoms with van der Waals surface area (Å²) in [7, 11) is 0. The Bertz CT molecular complexity index is 670. The summed E-state index contributed by atoms with van der Waals surface area (Å²) in [5.41, 5.74) is -0.0807. The van der Waals surface area contributed by atoms with Gasteiger partial charge in [-0.15, -0.1) is 0 Å². The Labute approximate surface area is 120 Å². The first-order valence-corrected chi connectivity index (χ1v) is 6.58. The van der Waals surface area contributed by atoms with Crippen LogP contribution in [0.5, 0.6) is 0 Å². The second kappa shape index (κ2) is 5.23. The maximum absolute atomic E-state index is 12.6. The molecule has 2 N–H and O–H groups in total. The molecule has 0 amide bonds. The molecule has 1 aliphatic carbocycles. The molecule has 1 atom stereocenters. The van der Waals surface area contributed by atoms with Gasteiger partial charge in [-0.2, -0.15) is 0 Å². The third kappa shape index (κ3) is 2.18. The average molecular weight is 287 g/mol. The van der Waals surface area contributed by atoms with E-state index >= 15 is 0 Å². The van der Waals surface area contributed by atoms with E-state index in [-0.39, 0.29) is 23.3 Å². The number of fused-ring (bicyclic) bond motifs is 1. The van der Waals surface area contributed by atoms with Crippen molar-refractivity contribution in [1.82, 2.24) is 5.32 Å². The standard InChI is InChI=1S/C15H13NO5/c17-13-8-3-1-2-4-9(8)14(18)12(15(19)20)11(13)10-7-21-6-5-16-10/h1-4,10,16H,5-7H2,(H,19,20). The maximum Gasteiger partial charge on any atom is 0.340 e. The van der Waals surface area contributed by atoms with E-state index in [1.54, 1.807) is 12.1 Å². The number of nitrogens with one attached hydrogen (secondary N) is 1. The first-order valence-electron chi connectivity index (χ1n) is 6.58. The van der Waals surface area contributed by atoms with E-state index in [1.807, 2.05) is 0 Å². The molecule has 21 heavy (non-hydrogen) atoms. The van der Waals surface area contributed by atoms with Crippen LogP contribution in [0.4, 0.5) is 0 Å².